The second-order valence-electron chi connectivity index (χ2n) is 12.1. The monoisotopic (exact) mass is 646 g/mol. The van der Waals surface area contributed by atoms with E-state index in [2.05, 4.69) is 54.2 Å². The molecule has 0 aliphatic carbocycles. The Hall–Kier alpha value is -4.13. The third-order valence-electron chi connectivity index (χ3n) is 8.97. The summed E-state index contributed by atoms with van der Waals surface area (Å²) in [6, 6.07) is 16.5. The minimum absolute atomic E-state index is 0.0167. The van der Waals surface area contributed by atoms with E-state index in [0.717, 1.165) is 49.7 Å². The van der Waals surface area contributed by atoms with Gasteiger partial charge in [0, 0.05) is 31.6 Å². The van der Waals surface area contributed by atoms with Crippen molar-refractivity contribution in [2.75, 3.05) is 46.8 Å². The first-order valence-corrected chi connectivity index (χ1v) is 16.8. The first-order chi connectivity index (χ1) is 22.6. The first-order valence-electron chi connectivity index (χ1n) is 16.8. The van der Waals surface area contributed by atoms with E-state index >= 15 is 0 Å². The molecule has 12 heteroatoms. The Labute approximate surface area is 277 Å². The van der Waals surface area contributed by atoms with Gasteiger partial charge in [0.05, 0.1) is 17.6 Å². The largest absolute Gasteiger partial charge is 0.332 e. The zero-order valence-corrected chi connectivity index (χ0v) is 28.8. The Kier molecular flexibility index (Phi) is 12.6. The van der Waals surface area contributed by atoms with E-state index in [1.807, 2.05) is 37.2 Å². The molecule has 254 valence electrons. The van der Waals surface area contributed by atoms with Crippen LogP contribution in [-0.4, -0.2) is 91.3 Å². The van der Waals surface area contributed by atoms with Crippen molar-refractivity contribution in [3.05, 3.63) is 103 Å². The van der Waals surface area contributed by atoms with E-state index < -0.39 is 4.92 Å². The van der Waals surface area contributed by atoms with Crippen LogP contribution in [0.25, 0.3) is 11.2 Å². The number of benzene rings is 2. The quantitative estimate of drug-likeness (QED) is 0.0904. The maximum Gasteiger partial charge on any atom is 0.332 e. The highest BCUT2D eigenvalue weighted by molar-refractivity contribution is 5.71. The molecular weight excluding hydrogens is 596 g/mol. The third kappa shape index (κ3) is 8.43. The first kappa shape index (κ1) is 35.7. The minimum atomic E-state index is -0.425. The third-order valence-corrected chi connectivity index (χ3v) is 8.97. The lowest BCUT2D eigenvalue weighted by atomic mass is 10.1. The van der Waals surface area contributed by atoms with Crippen LogP contribution in [-0.2, 0) is 32.5 Å². The van der Waals surface area contributed by atoms with Crippen LogP contribution in [0, 0.1) is 10.1 Å². The summed E-state index contributed by atoms with van der Waals surface area (Å²) < 4.78 is 5.06. The van der Waals surface area contributed by atoms with Crippen LogP contribution in [0.1, 0.15) is 51.1 Å². The molecule has 0 aliphatic rings. The highest BCUT2D eigenvalue weighted by Crippen LogP contribution is 2.20. The van der Waals surface area contributed by atoms with Gasteiger partial charge in [0.2, 0.25) is 0 Å². The van der Waals surface area contributed by atoms with Gasteiger partial charge in [0.1, 0.15) is 5.82 Å². The lowest BCUT2D eigenvalue weighted by molar-refractivity contribution is -0.384. The van der Waals surface area contributed by atoms with Gasteiger partial charge in [-0.1, -0.05) is 70.2 Å². The van der Waals surface area contributed by atoms with Gasteiger partial charge in [0.25, 0.3) is 11.2 Å². The number of aromatic nitrogens is 4. The van der Waals surface area contributed by atoms with Gasteiger partial charge in [-0.25, -0.2) is 9.78 Å². The average Bonchev–Trinajstić information content (AvgIpc) is 3.41. The molecule has 2 aromatic carbocycles. The molecule has 2 aromatic heterocycles. The Morgan fingerprint density at radius 1 is 0.809 bits per heavy atom. The number of imidazole rings is 1. The maximum atomic E-state index is 14.4. The highest BCUT2D eigenvalue weighted by Gasteiger charge is 2.28. The molecule has 0 radical (unpaired) electrons. The van der Waals surface area contributed by atoms with Crippen LogP contribution in [0.4, 0.5) is 5.69 Å². The lowest BCUT2D eigenvalue weighted by Gasteiger charge is -2.38. The SMILES string of the molecule is CCN(CC)C(Cn1c(Cc2ccccc2)nc2c1c(=O)n(CCCN(C)C)c(=O)n2CCc1ccc([N+](=O)[O-])cc1)N(CC)CC. The fourth-order valence-electron chi connectivity index (χ4n) is 6.33. The second-order valence-corrected chi connectivity index (χ2v) is 12.1. The van der Waals surface area contributed by atoms with Gasteiger partial charge >= 0.3 is 5.69 Å². The maximum absolute atomic E-state index is 14.4. The average molecular weight is 647 g/mol. The topological polar surface area (TPSA) is 115 Å². The van der Waals surface area contributed by atoms with Crippen molar-refractivity contribution < 1.29 is 4.92 Å². The molecule has 4 aromatic rings. The molecule has 0 bridgehead atoms. The van der Waals surface area contributed by atoms with Gasteiger partial charge in [-0.3, -0.25) is 33.8 Å². The Balaban J connectivity index is 1.93. The summed E-state index contributed by atoms with van der Waals surface area (Å²) in [5, 5.41) is 11.2. The highest BCUT2D eigenvalue weighted by atomic mass is 16.6. The number of nitro benzene ring substituents is 1. The number of fused-ring (bicyclic) bond motifs is 1. The number of non-ortho nitro benzene ring substituents is 1. The van der Waals surface area contributed by atoms with Gasteiger partial charge < -0.3 is 9.47 Å². The van der Waals surface area contributed by atoms with Crippen molar-refractivity contribution in [1.29, 1.82) is 0 Å². The second kappa shape index (κ2) is 16.6. The number of rotatable bonds is 18. The number of nitrogens with zero attached hydrogens (tertiary/aromatic N) is 8. The molecule has 0 amide bonds. The van der Waals surface area contributed by atoms with Crippen LogP contribution < -0.4 is 11.2 Å². The molecule has 12 nitrogen and oxygen atoms in total. The fraction of sp³-hybridized carbons (Fsp3) is 0.514. The predicted molar refractivity (Wildman–Crippen MR) is 187 cm³/mol. The van der Waals surface area contributed by atoms with E-state index in [1.54, 1.807) is 16.7 Å². The normalized spacial score (nSPS) is 12.0. The van der Waals surface area contributed by atoms with Crippen molar-refractivity contribution in [3.8, 4) is 0 Å². The Morgan fingerprint density at radius 3 is 1.98 bits per heavy atom. The zero-order valence-electron chi connectivity index (χ0n) is 28.8. The van der Waals surface area contributed by atoms with Crippen molar-refractivity contribution in [2.24, 2.45) is 0 Å². The van der Waals surface area contributed by atoms with Gasteiger partial charge in [-0.2, -0.15) is 0 Å². The number of hydrogen-bond acceptors (Lipinski definition) is 8. The van der Waals surface area contributed by atoms with Crippen molar-refractivity contribution >= 4 is 16.9 Å². The van der Waals surface area contributed by atoms with Gasteiger partial charge in [0.15, 0.2) is 11.2 Å². The molecule has 47 heavy (non-hydrogen) atoms. The lowest BCUT2D eigenvalue weighted by Crippen LogP contribution is -2.51. The Morgan fingerprint density at radius 2 is 1.43 bits per heavy atom. The molecule has 0 saturated heterocycles. The van der Waals surface area contributed by atoms with Gasteiger partial charge in [-0.05, 0) is 70.8 Å². The predicted octanol–water partition coefficient (Wildman–Crippen LogP) is 4.06. The Bertz CT molecular complexity index is 1710. The van der Waals surface area contributed by atoms with Crippen molar-refractivity contribution in [1.82, 2.24) is 33.4 Å². The number of nitro groups is 1. The molecular formula is C35H50N8O4. The van der Waals surface area contributed by atoms with E-state index in [9.17, 15) is 19.7 Å². The number of hydrogen-bond donors (Lipinski definition) is 0. The standard InChI is InChI=1S/C35H50N8O4/c1-7-38(8-2)31(39(9-3)10-4)26-42-30(25-28-15-12-11-13-16-28)36-33-32(42)34(44)41(23-14-22-37(5)6)35(45)40(33)24-21-27-17-19-29(20-18-27)43(46)47/h11-13,15-20,31H,7-10,14,21-26H2,1-6H3. The summed E-state index contributed by atoms with van der Waals surface area (Å²) >= 11 is 0. The number of likely N-dealkylation sites (N-methyl/N-ethyl adjacent to an activating group) is 2. The molecule has 0 spiro atoms. The van der Waals surface area contributed by atoms with Crippen LogP contribution in [0.5, 0.6) is 0 Å². The van der Waals surface area contributed by atoms with Crippen LogP contribution in [0.2, 0.25) is 0 Å². The van der Waals surface area contributed by atoms with Crippen molar-refractivity contribution in [3.63, 3.8) is 0 Å². The summed E-state index contributed by atoms with van der Waals surface area (Å²) in [6.45, 7) is 13.9. The molecule has 0 saturated carbocycles. The minimum Gasteiger partial charge on any atom is -0.319 e. The fourth-order valence-corrected chi connectivity index (χ4v) is 6.33. The van der Waals surface area contributed by atoms with E-state index in [4.69, 9.17) is 4.98 Å². The number of aryl methyl sites for hydroxylation is 2. The van der Waals surface area contributed by atoms with E-state index in [0.29, 0.717) is 37.0 Å². The molecule has 0 N–H and O–H groups in total. The molecule has 4 rings (SSSR count). The summed E-state index contributed by atoms with van der Waals surface area (Å²) in [6.07, 6.45) is 1.62. The van der Waals surface area contributed by atoms with Crippen LogP contribution >= 0.6 is 0 Å². The van der Waals surface area contributed by atoms with Gasteiger partial charge in [-0.15, -0.1) is 0 Å². The summed E-state index contributed by atoms with van der Waals surface area (Å²) in [5.41, 5.74) is 2.06. The van der Waals surface area contributed by atoms with Crippen molar-refractivity contribution in [2.45, 2.75) is 72.8 Å². The molecule has 0 unspecified atom stereocenters. The smallest absolute Gasteiger partial charge is 0.319 e. The van der Waals surface area contributed by atoms with Crippen LogP contribution in [0.3, 0.4) is 0 Å². The molecule has 0 fully saturated rings. The van der Waals surface area contributed by atoms with Crippen LogP contribution in [0.15, 0.2) is 64.2 Å². The van der Waals surface area contributed by atoms with E-state index in [-0.39, 0.29) is 36.2 Å². The summed E-state index contributed by atoms with van der Waals surface area (Å²) in [5.74, 6) is 0.738. The van der Waals surface area contributed by atoms with E-state index in [1.165, 1.54) is 16.7 Å². The molecule has 0 atom stereocenters. The molecule has 2 heterocycles. The summed E-state index contributed by atoms with van der Waals surface area (Å²) in [7, 11) is 3.94. The summed E-state index contributed by atoms with van der Waals surface area (Å²) in [4.78, 5) is 51.2. The zero-order chi connectivity index (χ0) is 34.1. The molecule has 0 aliphatic heterocycles.